The Morgan fingerprint density at radius 3 is 2.68 bits per heavy atom. The average Bonchev–Trinajstić information content (AvgIpc) is 2.35. The number of urea groups is 1. The summed E-state index contributed by atoms with van der Waals surface area (Å²) in [6.45, 7) is 2.21. The number of amides is 2. The first kappa shape index (κ1) is 14.8. The van der Waals surface area contributed by atoms with E-state index in [2.05, 4.69) is 10.6 Å². The topological polar surface area (TPSA) is 87.7 Å². The molecule has 0 aliphatic heterocycles. The molecule has 0 unspecified atom stereocenters. The summed E-state index contributed by atoms with van der Waals surface area (Å²) in [6, 6.07) is 4.96. The fourth-order valence-electron chi connectivity index (χ4n) is 1.57. The minimum Gasteiger partial charge on any atom is -0.496 e. The largest absolute Gasteiger partial charge is 0.496 e. The minimum atomic E-state index is -0.868. The zero-order valence-corrected chi connectivity index (χ0v) is 11.0. The Kier molecular flexibility index (Phi) is 5.66. The van der Waals surface area contributed by atoms with Gasteiger partial charge in [0, 0.05) is 18.7 Å². The van der Waals surface area contributed by atoms with E-state index in [0.29, 0.717) is 18.7 Å². The van der Waals surface area contributed by atoms with Crippen LogP contribution in [0, 0.1) is 6.92 Å². The van der Waals surface area contributed by atoms with Crippen LogP contribution < -0.4 is 15.4 Å². The van der Waals surface area contributed by atoms with Crippen molar-refractivity contribution in [1.29, 1.82) is 0 Å². The number of rotatable bonds is 6. The van der Waals surface area contributed by atoms with Gasteiger partial charge in [-0.15, -0.1) is 0 Å². The Labute approximate surface area is 111 Å². The normalized spacial score (nSPS) is 9.79. The predicted octanol–water partition coefficient (Wildman–Crippen LogP) is 1.99. The third-order valence-electron chi connectivity index (χ3n) is 2.51. The Balaban J connectivity index is 2.40. The molecule has 0 aromatic heterocycles. The Hall–Kier alpha value is -2.24. The molecular weight excluding hydrogens is 248 g/mol. The summed E-state index contributed by atoms with van der Waals surface area (Å²) in [5.74, 6) is -0.111. The monoisotopic (exact) mass is 266 g/mol. The number of hydrogen-bond donors (Lipinski definition) is 3. The van der Waals surface area contributed by atoms with E-state index in [1.807, 2.05) is 6.92 Å². The molecule has 0 radical (unpaired) electrons. The second kappa shape index (κ2) is 7.25. The summed E-state index contributed by atoms with van der Waals surface area (Å²) in [7, 11) is 1.59. The lowest BCUT2D eigenvalue weighted by atomic mass is 10.2. The quantitative estimate of drug-likeness (QED) is 0.687. The standard InChI is InChI=1S/C13H18N2O4/c1-9-8-10(5-6-11(9)19-2)15-13(18)14-7-3-4-12(16)17/h5-6,8H,3-4,7H2,1-2H3,(H,16,17)(H2,14,15,18). The molecule has 0 aliphatic carbocycles. The van der Waals surface area contributed by atoms with Crippen molar-refractivity contribution in [2.24, 2.45) is 0 Å². The SMILES string of the molecule is COc1ccc(NC(=O)NCCCC(=O)O)cc1C. The summed E-state index contributed by atoms with van der Waals surface area (Å²) >= 11 is 0. The fourth-order valence-corrected chi connectivity index (χ4v) is 1.57. The molecule has 0 bridgehead atoms. The zero-order chi connectivity index (χ0) is 14.3. The number of hydrogen-bond acceptors (Lipinski definition) is 3. The van der Waals surface area contributed by atoms with E-state index >= 15 is 0 Å². The Morgan fingerprint density at radius 1 is 1.37 bits per heavy atom. The summed E-state index contributed by atoms with van der Waals surface area (Å²) in [5, 5.41) is 13.7. The average molecular weight is 266 g/mol. The Morgan fingerprint density at radius 2 is 2.11 bits per heavy atom. The highest BCUT2D eigenvalue weighted by Gasteiger charge is 2.04. The van der Waals surface area contributed by atoms with E-state index in [9.17, 15) is 9.59 Å². The summed E-state index contributed by atoms with van der Waals surface area (Å²) in [5.41, 5.74) is 1.58. The first-order valence-corrected chi connectivity index (χ1v) is 5.94. The number of nitrogens with one attached hydrogen (secondary N) is 2. The van der Waals surface area contributed by atoms with Crippen LogP contribution in [-0.4, -0.2) is 30.8 Å². The van der Waals surface area contributed by atoms with Crippen LogP contribution in [0.1, 0.15) is 18.4 Å². The lowest BCUT2D eigenvalue weighted by Gasteiger charge is -2.09. The van der Waals surface area contributed by atoms with E-state index in [1.54, 1.807) is 25.3 Å². The predicted molar refractivity (Wildman–Crippen MR) is 71.6 cm³/mol. The van der Waals surface area contributed by atoms with Crippen LogP contribution in [-0.2, 0) is 4.79 Å². The van der Waals surface area contributed by atoms with Gasteiger partial charge in [-0.05, 0) is 37.1 Å². The lowest BCUT2D eigenvalue weighted by Crippen LogP contribution is -2.29. The third-order valence-corrected chi connectivity index (χ3v) is 2.51. The number of carbonyl (C=O) groups excluding carboxylic acids is 1. The second-order valence-corrected chi connectivity index (χ2v) is 4.06. The van der Waals surface area contributed by atoms with Gasteiger partial charge in [0.05, 0.1) is 7.11 Å². The fraction of sp³-hybridized carbons (Fsp3) is 0.385. The smallest absolute Gasteiger partial charge is 0.319 e. The highest BCUT2D eigenvalue weighted by Crippen LogP contribution is 2.21. The molecule has 104 valence electrons. The van der Waals surface area contributed by atoms with Gasteiger partial charge >= 0.3 is 12.0 Å². The lowest BCUT2D eigenvalue weighted by molar-refractivity contribution is -0.137. The van der Waals surface area contributed by atoms with Gasteiger partial charge in [0.15, 0.2) is 0 Å². The number of ether oxygens (including phenoxy) is 1. The molecule has 3 N–H and O–H groups in total. The number of aryl methyl sites for hydroxylation is 1. The van der Waals surface area contributed by atoms with Crippen molar-refractivity contribution in [3.05, 3.63) is 23.8 Å². The van der Waals surface area contributed by atoms with E-state index in [4.69, 9.17) is 9.84 Å². The van der Waals surface area contributed by atoms with Gasteiger partial charge in [0.1, 0.15) is 5.75 Å². The number of carboxylic acids is 1. The van der Waals surface area contributed by atoms with Gasteiger partial charge in [-0.2, -0.15) is 0 Å². The Bertz CT molecular complexity index is 460. The van der Waals surface area contributed by atoms with Crippen LogP contribution in [0.2, 0.25) is 0 Å². The number of carboxylic acid groups (broad SMARTS) is 1. The van der Waals surface area contributed by atoms with Gasteiger partial charge < -0.3 is 20.5 Å². The van der Waals surface area contributed by atoms with E-state index in [0.717, 1.165) is 11.3 Å². The molecular formula is C13H18N2O4. The van der Waals surface area contributed by atoms with Crippen molar-refractivity contribution in [3.63, 3.8) is 0 Å². The van der Waals surface area contributed by atoms with Gasteiger partial charge in [0.25, 0.3) is 0 Å². The molecule has 1 aromatic carbocycles. The minimum absolute atomic E-state index is 0.0436. The van der Waals surface area contributed by atoms with Gasteiger partial charge in [0.2, 0.25) is 0 Å². The maximum atomic E-state index is 11.5. The summed E-state index contributed by atoms with van der Waals surface area (Å²) in [6.07, 6.45) is 0.451. The highest BCUT2D eigenvalue weighted by atomic mass is 16.5. The molecule has 6 heteroatoms. The molecule has 0 saturated carbocycles. The second-order valence-electron chi connectivity index (χ2n) is 4.06. The van der Waals surface area contributed by atoms with E-state index in [1.165, 1.54) is 0 Å². The molecule has 1 rings (SSSR count). The maximum Gasteiger partial charge on any atom is 0.319 e. The van der Waals surface area contributed by atoms with Crippen LogP contribution in [0.3, 0.4) is 0 Å². The van der Waals surface area contributed by atoms with E-state index < -0.39 is 5.97 Å². The first-order valence-electron chi connectivity index (χ1n) is 5.94. The number of carbonyl (C=O) groups is 2. The van der Waals surface area contributed by atoms with Crippen LogP contribution in [0.4, 0.5) is 10.5 Å². The number of benzene rings is 1. The molecule has 0 heterocycles. The van der Waals surface area contributed by atoms with E-state index in [-0.39, 0.29) is 12.5 Å². The summed E-state index contributed by atoms with van der Waals surface area (Å²) in [4.78, 5) is 21.8. The third kappa shape index (κ3) is 5.29. The van der Waals surface area contributed by atoms with Crippen molar-refractivity contribution in [1.82, 2.24) is 5.32 Å². The number of aliphatic carboxylic acids is 1. The molecule has 0 spiro atoms. The van der Waals surface area contributed by atoms with Gasteiger partial charge in [-0.3, -0.25) is 4.79 Å². The van der Waals surface area contributed by atoms with Crippen LogP contribution in [0.15, 0.2) is 18.2 Å². The highest BCUT2D eigenvalue weighted by molar-refractivity contribution is 5.89. The van der Waals surface area contributed by atoms with Crippen molar-refractivity contribution in [3.8, 4) is 5.75 Å². The van der Waals surface area contributed by atoms with Gasteiger partial charge in [-0.25, -0.2) is 4.79 Å². The first-order chi connectivity index (χ1) is 9.02. The maximum absolute atomic E-state index is 11.5. The number of anilines is 1. The molecule has 2 amide bonds. The van der Waals surface area contributed by atoms with Crippen LogP contribution in [0.5, 0.6) is 5.75 Å². The van der Waals surface area contributed by atoms with Crippen molar-refractivity contribution >= 4 is 17.7 Å². The van der Waals surface area contributed by atoms with Crippen molar-refractivity contribution < 1.29 is 19.4 Å². The zero-order valence-electron chi connectivity index (χ0n) is 11.0. The summed E-state index contributed by atoms with van der Waals surface area (Å²) < 4.78 is 5.12. The van der Waals surface area contributed by atoms with Crippen molar-refractivity contribution in [2.75, 3.05) is 19.0 Å². The molecule has 0 saturated heterocycles. The van der Waals surface area contributed by atoms with Gasteiger partial charge in [-0.1, -0.05) is 0 Å². The molecule has 0 atom stereocenters. The molecule has 0 fully saturated rings. The van der Waals surface area contributed by atoms with Crippen LogP contribution >= 0.6 is 0 Å². The molecule has 1 aromatic rings. The van der Waals surface area contributed by atoms with Crippen molar-refractivity contribution in [2.45, 2.75) is 19.8 Å². The molecule has 19 heavy (non-hydrogen) atoms. The number of methoxy groups -OCH3 is 1. The molecule has 6 nitrogen and oxygen atoms in total. The van der Waals surface area contributed by atoms with Crippen LogP contribution in [0.25, 0.3) is 0 Å². The molecule has 0 aliphatic rings.